The monoisotopic (exact) mass is 223 g/mol. The van der Waals surface area contributed by atoms with Crippen molar-refractivity contribution < 1.29 is 0 Å². The summed E-state index contributed by atoms with van der Waals surface area (Å²) in [5.74, 6) is 0.787. The summed E-state index contributed by atoms with van der Waals surface area (Å²) in [6, 6.07) is 2.41. The number of nitrogens with two attached hydrogens (primary N) is 1. The van der Waals surface area contributed by atoms with Crippen LogP contribution in [-0.2, 0) is 0 Å². The SMILES string of the molecule is CC1CN2CCCC2CN1C1CCC1CN. The first-order valence-electron chi connectivity index (χ1n) is 6.99. The summed E-state index contributed by atoms with van der Waals surface area (Å²) < 4.78 is 0. The summed E-state index contributed by atoms with van der Waals surface area (Å²) in [5.41, 5.74) is 5.85. The maximum absolute atomic E-state index is 5.85. The van der Waals surface area contributed by atoms with Crippen molar-refractivity contribution >= 4 is 0 Å². The highest BCUT2D eigenvalue weighted by Crippen LogP contribution is 2.36. The van der Waals surface area contributed by atoms with Crippen LogP contribution in [0.25, 0.3) is 0 Å². The predicted octanol–water partition coefficient (Wildman–Crippen LogP) is 0.892. The number of rotatable bonds is 2. The number of fused-ring (bicyclic) bond motifs is 1. The molecule has 2 heterocycles. The lowest BCUT2D eigenvalue weighted by Crippen LogP contribution is -2.62. The van der Waals surface area contributed by atoms with E-state index in [0.29, 0.717) is 0 Å². The van der Waals surface area contributed by atoms with Crippen molar-refractivity contribution in [2.75, 3.05) is 26.2 Å². The highest BCUT2D eigenvalue weighted by atomic mass is 15.3. The quantitative estimate of drug-likeness (QED) is 0.755. The molecule has 2 saturated heterocycles. The van der Waals surface area contributed by atoms with Crippen LogP contribution in [0, 0.1) is 5.92 Å². The third-order valence-electron chi connectivity index (χ3n) is 5.09. The Labute approximate surface area is 99.0 Å². The highest BCUT2D eigenvalue weighted by Gasteiger charge is 2.42. The molecule has 3 nitrogen and oxygen atoms in total. The summed E-state index contributed by atoms with van der Waals surface area (Å²) >= 11 is 0. The molecule has 0 radical (unpaired) electrons. The second-order valence-electron chi connectivity index (χ2n) is 5.98. The molecule has 4 unspecified atom stereocenters. The molecule has 0 amide bonds. The highest BCUT2D eigenvalue weighted by molar-refractivity contribution is 4.98. The zero-order valence-corrected chi connectivity index (χ0v) is 10.4. The second-order valence-corrected chi connectivity index (χ2v) is 5.98. The van der Waals surface area contributed by atoms with Crippen molar-refractivity contribution in [1.82, 2.24) is 9.80 Å². The van der Waals surface area contributed by atoms with Gasteiger partial charge in [0.1, 0.15) is 0 Å². The van der Waals surface area contributed by atoms with E-state index >= 15 is 0 Å². The Hall–Kier alpha value is -0.120. The lowest BCUT2D eigenvalue weighted by molar-refractivity contribution is -0.0250. The topological polar surface area (TPSA) is 32.5 Å². The molecule has 0 bridgehead atoms. The Morgan fingerprint density at radius 3 is 2.75 bits per heavy atom. The first kappa shape index (κ1) is 11.0. The van der Waals surface area contributed by atoms with Gasteiger partial charge in [0.15, 0.2) is 0 Å². The minimum absolute atomic E-state index is 0.744. The third kappa shape index (κ3) is 1.69. The molecule has 2 aliphatic heterocycles. The molecule has 0 aromatic heterocycles. The van der Waals surface area contributed by atoms with Crippen molar-refractivity contribution in [3.05, 3.63) is 0 Å². The van der Waals surface area contributed by atoms with Crippen molar-refractivity contribution in [3.8, 4) is 0 Å². The molecule has 3 aliphatic rings. The van der Waals surface area contributed by atoms with Gasteiger partial charge >= 0.3 is 0 Å². The van der Waals surface area contributed by atoms with Gasteiger partial charge in [-0.25, -0.2) is 0 Å². The summed E-state index contributed by atoms with van der Waals surface area (Å²) in [6.07, 6.45) is 5.58. The maximum atomic E-state index is 5.85. The molecule has 3 fully saturated rings. The third-order valence-corrected chi connectivity index (χ3v) is 5.09. The molecule has 0 aromatic rings. The normalized spacial score (nSPS) is 45.4. The van der Waals surface area contributed by atoms with Crippen molar-refractivity contribution in [1.29, 1.82) is 0 Å². The number of hydrogen-bond acceptors (Lipinski definition) is 3. The van der Waals surface area contributed by atoms with E-state index in [-0.39, 0.29) is 0 Å². The summed E-state index contributed by atoms with van der Waals surface area (Å²) in [5, 5.41) is 0. The fraction of sp³-hybridized carbons (Fsp3) is 1.00. The fourth-order valence-corrected chi connectivity index (χ4v) is 3.94. The molecule has 0 spiro atoms. The Bertz CT molecular complexity index is 254. The van der Waals surface area contributed by atoms with Crippen LogP contribution in [0.1, 0.15) is 32.6 Å². The summed E-state index contributed by atoms with van der Waals surface area (Å²) in [6.45, 7) is 7.23. The van der Waals surface area contributed by atoms with Crippen LogP contribution >= 0.6 is 0 Å². The minimum Gasteiger partial charge on any atom is -0.330 e. The van der Waals surface area contributed by atoms with Crippen LogP contribution in [0.3, 0.4) is 0 Å². The summed E-state index contributed by atoms with van der Waals surface area (Å²) in [4.78, 5) is 5.48. The van der Waals surface area contributed by atoms with E-state index in [1.807, 2.05) is 0 Å². The second kappa shape index (κ2) is 4.28. The van der Waals surface area contributed by atoms with Crippen molar-refractivity contribution in [2.45, 2.75) is 50.7 Å². The lowest BCUT2D eigenvalue weighted by Gasteiger charge is -2.52. The van der Waals surface area contributed by atoms with Crippen LogP contribution < -0.4 is 5.73 Å². The molecule has 1 aliphatic carbocycles. The van der Waals surface area contributed by atoms with Gasteiger partial charge in [0, 0.05) is 31.2 Å². The molecule has 16 heavy (non-hydrogen) atoms. The first-order chi connectivity index (χ1) is 7.79. The molecule has 4 atom stereocenters. The molecular weight excluding hydrogens is 198 g/mol. The zero-order chi connectivity index (χ0) is 11.1. The Morgan fingerprint density at radius 1 is 1.19 bits per heavy atom. The molecule has 1 saturated carbocycles. The largest absolute Gasteiger partial charge is 0.330 e. The van der Waals surface area contributed by atoms with Gasteiger partial charge in [-0.1, -0.05) is 0 Å². The van der Waals surface area contributed by atoms with E-state index in [1.165, 1.54) is 45.3 Å². The van der Waals surface area contributed by atoms with Crippen LogP contribution in [0.15, 0.2) is 0 Å². The maximum Gasteiger partial charge on any atom is 0.0224 e. The average molecular weight is 223 g/mol. The molecule has 3 heteroatoms. The van der Waals surface area contributed by atoms with E-state index in [4.69, 9.17) is 5.73 Å². The van der Waals surface area contributed by atoms with E-state index in [9.17, 15) is 0 Å². The van der Waals surface area contributed by atoms with E-state index < -0.39 is 0 Å². The van der Waals surface area contributed by atoms with Crippen LogP contribution in [0.4, 0.5) is 0 Å². The van der Waals surface area contributed by atoms with Gasteiger partial charge in [-0.05, 0) is 51.6 Å². The number of nitrogens with zero attached hydrogens (tertiary/aromatic N) is 2. The van der Waals surface area contributed by atoms with Gasteiger partial charge in [0.25, 0.3) is 0 Å². The Balaban J connectivity index is 1.66. The number of hydrogen-bond donors (Lipinski definition) is 1. The average Bonchev–Trinajstić information content (AvgIpc) is 2.64. The van der Waals surface area contributed by atoms with E-state index in [2.05, 4.69) is 16.7 Å². The molecule has 92 valence electrons. The van der Waals surface area contributed by atoms with Crippen LogP contribution in [0.2, 0.25) is 0 Å². The Kier molecular flexibility index (Phi) is 2.94. The molecular formula is C13H25N3. The van der Waals surface area contributed by atoms with Gasteiger partial charge < -0.3 is 5.73 Å². The molecule has 3 rings (SSSR count). The fourth-order valence-electron chi connectivity index (χ4n) is 3.94. The minimum atomic E-state index is 0.744. The van der Waals surface area contributed by atoms with E-state index in [0.717, 1.165) is 30.6 Å². The Morgan fingerprint density at radius 2 is 2.06 bits per heavy atom. The standard InChI is InChI=1S/C13H25N3/c1-10-8-15-6-2-3-12(15)9-16(10)13-5-4-11(13)7-14/h10-13H,2-9,14H2,1H3. The van der Waals surface area contributed by atoms with Gasteiger partial charge in [-0.3, -0.25) is 9.80 Å². The van der Waals surface area contributed by atoms with Gasteiger partial charge in [-0.2, -0.15) is 0 Å². The van der Waals surface area contributed by atoms with Crippen molar-refractivity contribution in [3.63, 3.8) is 0 Å². The zero-order valence-electron chi connectivity index (χ0n) is 10.4. The van der Waals surface area contributed by atoms with Gasteiger partial charge in [-0.15, -0.1) is 0 Å². The van der Waals surface area contributed by atoms with Crippen molar-refractivity contribution in [2.24, 2.45) is 11.7 Å². The van der Waals surface area contributed by atoms with Crippen LogP contribution in [0.5, 0.6) is 0 Å². The smallest absolute Gasteiger partial charge is 0.0224 e. The van der Waals surface area contributed by atoms with Gasteiger partial charge in [0.05, 0.1) is 0 Å². The van der Waals surface area contributed by atoms with Gasteiger partial charge in [0.2, 0.25) is 0 Å². The molecule has 0 aromatic carbocycles. The van der Waals surface area contributed by atoms with E-state index in [1.54, 1.807) is 0 Å². The predicted molar refractivity (Wildman–Crippen MR) is 66.3 cm³/mol. The first-order valence-corrected chi connectivity index (χ1v) is 6.99. The number of piperazine rings is 1. The summed E-state index contributed by atoms with van der Waals surface area (Å²) in [7, 11) is 0. The molecule has 2 N–H and O–H groups in total. The lowest BCUT2D eigenvalue weighted by atomic mass is 9.77. The van der Waals surface area contributed by atoms with Crippen LogP contribution in [-0.4, -0.2) is 54.1 Å².